The van der Waals surface area contributed by atoms with Gasteiger partial charge in [0.05, 0.1) is 12.3 Å². The molecule has 1 heterocycles. The van der Waals surface area contributed by atoms with Crippen LogP contribution in [0.5, 0.6) is 0 Å². The summed E-state index contributed by atoms with van der Waals surface area (Å²) in [6.45, 7) is 7.29. The van der Waals surface area contributed by atoms with Gasteiger partial charge in [0, 0.05) is 0 Å². The van der Waals surface area contributed by atoms with Crippen molar-refractivity contribution in [2.24, 2.45) is 0 Å². The molecule has 0 fully saturated rings. The summed E-state index contributed by atoms with van der Waals surface area (Å²) in [5.41, 5.74) is -0.0183. The first-order chi connectivity index (χ1) is 9.23. The van der Waals surface area contributed by atoms with E-state index in [-0.39, 0.29) is 12.3 Å². The maximum absolute atomic E-state index is 11.6. The average molecular weight is 345 g/mol. The maximum atomic E-state index is 11.6. The monoisotopic (exact) mass is 344 g/mol. The van der Waals surface area contributed by atoms with Crippen LogP contribution < -0.4 is 5.32 Å². The minimum Gasteiger partial charge on any atom is -0.461 e. The molecule has 0 radical (unpaired) electrons. The lowest BCUT2D eigenvalue weighted by Crippen LogP contribution is -2.27. The van der Waals surface area contributed by atoms with Gasteiger partial charge < -0.3 is 9.47 Å². The number of nitrogens with one attached hydrogen (secondary N) is 1. The van der Waals surface area contributed by atoms with Crippen LogP contribution in [0, 0.1) is 0 Å². The summed E-state index contributed by atoms with van der Waals surface area (Å²) in [5.74, 6) is -0.517. The van der Waals surface area contributed by atoms with E-state index >= 15 is 0 Å². The topological polar surface area (TPSA) is 77.5 Å². The molecular formula is C13H17BrN2O4. The number of amides is 1. The van der Waals surface area contributed by atoms with Crippen LogP contribution in [-0.4, -0.2) is 29.3 Å². The highest BCUT2D eigenvalue weighted by atomic mass is 79.9. The van der Waals surface area contributed by atoms with E-state index in [4.69, 9.17) is 9.47 Å². The summed E-state index contributed by atoms with van der Waals surface area (Å²) in [5, 5.41) is 2.54. The van der Waals surface area contributed by atoms with Crippen LogP contribution in [0.4, 0.5) is 10.5 Å². The highest BCUT2D eigenvalue weighted by Gasteiger charge is 2.18. The van der Waals surface area contributed by atoms with Crippen LogP contribution in [0.25, 0.3) is 0 Å². The van der Waals surface area contributed by atoms with Gasteiger partial charge in [0.25, 0.3) is 0 Å². The van der Waals surface area contributed by atoms with Gasteiger partial charge >= 0.3 is 12.1 Å². The van der Waals surface area contributed by atoms with Gasteiger partial charge in [-0.1, -0.05) is 0 Å². The average Bonchev–Trinajstić information content (AvgIpc) is 2.29. The van der Waals surface area contributed by atoms with E-state index in [1.807, 2.05) is 0 Å². The third kappa shape index (κ3) is 5.16. The molecule has 1 aromatic heterocycles. The highest BCUT2D eigenvalue weighted by Crippen LogP contribution is 2.21. The Balaban J connectivity index is 2.79. The van der Waals surface area contributed by atoms with Crippen molar-refractivity contribution in [1.29, 1.82) is 0 Å². The quantitative estimate of drug-likeness (QED) is 0.671. The van der Waals surface area contributed by atoms with Crippen molar-refractivity contribution in [2.75, 3.05) is 11.9 Å². The molecule has 1 N–H and O–H groups in total. The van der Waals surface area contributed by atoms with E-state index < -0.39 is 17.7 Å². The van der Waals surface area contributed by atoms with Crippen molar-refractivity contribution < 1.29 is 19.1 Å². The molecule has 20 heavy (non-hydrogen) atoms. The predicted octanol–water partition coefficient (Wildman–Crippen LogP) is 3.37. The first-order valence-electron chi connectivity index (χ1n) is 6.06. The van der Waals surface area contributed by atoms with Crippen molar-refractivity contribution in [3.63, 3.8) is 0 Å². The summed E-state index contributed by atoms with van der Waals surface area (Å²) in [4.78, 5) is 27.1. The minimum atomic E-state index is -0.594. The molecule has 1 amide bonds. The second-order valence-corrected chi connectivity index (χ2v) is 5.63. The fraction of sp³-hybridized carbons (Fsp3) is 0.462. The summed E-state index contributed by atoms with van der Waals surface area (Å²) in [6.07, 6.45) is -0.594. The Hall–Kier alpha value is -1.63. The van der Waals surface area contributed by atoms with Crippen LogP contribution in [0.3, 0.4) is 0 Å². The van der Waals surface area contributed by atoms with Gasteiger partial charge in [0.2, 0.25) is 0 Å². The molecular weight excluding hydrogens is 328 g/mol. The number of halogens is 1. The molecule has 1 rings (SSSR count). The van der Waals surface area contributed by atoms with Gasteiger partial charge in [0.15, 0.2) is 0 Å². The second kappa shape index (κ2) is 6.69. The lowest BCUT2D eigenvalue weighted by molar-refractivity contribution is 0.0519. The first kappa shape index (κ1) is 16.4. The fourth-order valence-electron chi connectivity index (χ4n) is 1.26. The summed E-state index contributed by atoms with van der Waals surface area (Å²) in [6, 6.07) is 3.02. The number of carbonyl (C=O) groups excluding carboxylic acids is 2. The molecule has 0 aromatic carbocycles. The van der Waals surface area contributed by atoms with Crippen LogP contribution in [0.1, 0.15) is 38.2 Å². The molecule has 110 valence electrons. The Morgan fingerprint density at radius 1 is 1.35 bits per heavy atom. The standard InChI is InChI=1S/C13H17BrN2O4/c1-5-19-11(17)9-7-6-8(10(14)15-9)16-12(18)20-13(2,3)4/h6-7H,5H2,1-4H3,(H,16,18). The number of hydrogen-bond acceptors (Lipinski definition) is 5. The van der Waals surface area contributed by atoms with E-state index in [9.17, 15) is 9.59 Å². The van der Waals surface area contributed by atoms with Crippen molar-refractivity contribution in [3.05, 3.63) is 22.4 Å². The van der Waals surface area contributed by atoms with Crippen molar-refractivity contribution in [3.8, 4) is 0 Å². The number of hydrogen-bond donors (Lipinski definition) is 1. The zero-order valence-electron chi connectivity index (χ0n) is 11.8. The van der Waals surface area contributed by atoms with Gasteiger partial charge in [-0.15, -0.1) is 0 Å². The number of rotatable bonds is 3. The number of ether oxygens (including phenoxy) is 2. The van der Waals surface area contributed by atoms with Crippen LogP contribution in [0.2, 0.25) is 0 Å². The predicted molar refractivity (Wildman–Crippen MR) is 77.8 cm³/mol. The molecule has 0 saturated heterocycles. The summed E-state index contributed by atoms with van der Waals surface area (Å²) < 4.78 is 10.3. The van der Waals surface area contributed by atoms with E-state index in [1.54, 1.807) is 33.8 Å². The number of pyridine rings is 1. The molecule has 0 bridgehead atoms. The molecule has 7 heteroatoms. The van der Waals surface area contributed by atoms with Crippen LogP contribution in [-0.2, 0) is 9.47 Å². The smallest absolute Gasteiger partial charge is 0.412 e. The third-order valence-electron chi connectivity index (χ3n) is 1.97. The molecule has 0 saturated carbocycles. The summed E-state index contributed by atoms with van der Waals surface area (Å²) in [7, 11) is 0. The number of anilines is 1. The van der Waals surface area contributed by atoms with Crippen LogP contribution >= 0.6 is 15.9 Å². The first-order valence-corrected chi connectivity index (χ1v) is 6.86. The van der Waals surface area contributed by atoms with Gasteiger partial charge in [0.1, 0.15) is 15.9 Å². The van der Waals surface area contributed by atoms with Gasteiger partial charge in [-0.25, -0.2) is 14.6 Å². The molecule has 0 aliphatic carbocycles. The SMILES string of the molecule is CCOC(=O)c1ccc(NC(=O)OC(C)(C)C)c(Br)n1. The number of esters is 1. The lowest BCUT2D eigenvalue weighted by atomic mass is 10.2. The molecule has 1 aromatic rings. The van der Waals surface area contributed by atoms with E-state index in [2.05, 4.69) is 26.2 Å². The van der Waals surface area contributed by atoms with Crippen molar-refractivity contribution in [1.82, 2.24) is 4.98 Å². The Kier molecular flexibility index (Phi) is 5.50. The van der Waals surface area contributed by atoms with Crippen LogP contribution in [0.15, 0.2) is 16.7 Å². The Morgan fingerprint density at radius 2 is 2.00 bits per heavy atom. The van der Waals surface area contributed by atoms with Gasteiger partial charge in [-0.2, -0.15) is 0 Å². The number of aromatic nitrogens is 1. The zero-order chi connectivity index (χ0) is 15.3. The molecule has 0 aliphatic rings. The van der Waals surface area contributed by atoms with E-state index in [0.29, 0.717) is 10.3 Å². The lowest BCUT2D eigenvalue weighted by Gasteiger charge is -2.19. The molecule has 0 unspecified atom stereocenters. The van der Waals surface area contributed by atoms with E-state index in [0.717, 1.165) is 0 Å². The largest absolute Gasteiger partial charge is 0.461 e. The fourth-order valence-corrected chi connectivity index (χ4v) is 1.68. The third-order valence-corrected chi connectivity index (χ3v) is 2.57. The normalized spacial score (nSPS) is 10.8. The molecule has 0 atom stereocenters. The minimum absolute atomic E-state index is 0.161. The molecule has 0 spiro atoms. The highest BCUT2D eigenvalue weighted by molar-refractivity contribution is 9.10. The zero-order valence-corrected chi connectivity index (χ0v) is 13.4. The van der Waals surface area contributed by atoms with E-state index in [1.165, 1.54) is 6.07 Å². The number of nitrogens with zero attached hydrogens (tertiary/aromatic N) is 1. The van der Waals surface area contributed by atoms with Crippen molar-refractivity contribution >= 4 is 33.7 Å². The maximum Gasteiger partial charge on any atom is 0.412 e. The second-order valence-electron chi connectivity index (χ2n) is 4.88. The Bertz CT molecular complexity index is 512. The summed E-state index contributed by atoms with van der Waals surface area (Å²) >= 11 is 3.19. The number of carbonyl (C=O) groups is 2. The van der Waals surface area contributed by atoms with Gasteiger partial charge in [-0.3, -0.25) is 5.32 Å². The Morgan fingerprint density at radius 3 is 2.50 bits per heavy atom. The Labute approximate surface area is 126 Å². The van der Waals surface area contributed by atoms with Gasteiger partial charge in [-0.05, 0) is 55.8 Å². The van der Waals surface area contributed by atoms with Crippen molar-refractivity contribution in [2.45, 2.75) is 33.3 Å². The molecule has 6 nitrogen and oxygen atoms in total. The molecule has 0 aliphatic heterocycles.